The van der Waals surface area contributed by atoms with Gasteiger partial charge in [0.15, 0.2) is 11.3 Å². The van der Waals surface area contributed by atoms with E-state index in [-0.39, 0.29) is 5.41 Å². The maximum absolute atomic E-state index is 6.43. The van der Waals surface area contributed by atoms with Crippen LogP contribution in [-0.2, 0) is 5.41 Å². The molecule has 4 aromatic carbocycles. The van der Waals surface area contributed by atoms with Gasteiger partial charge < -0.3 is 17.7 Å². The summed E-state index contributed by atoms with van der Waals surface area (Å²) >= 11 is 0. The Hall–Kier alpha value is -3.36. The first-order valence-corrected chi connectivity index (χ1v) is 12.1. The van der Waals surface area contributed by atoms with E-state index in [9.17, 15) is 0 Å². The minimum absolute atomic E-state index is 0.0160. The Labute approximate surface area is 194 Å². The fourth-order valence-electron chi connectivity index (χ4n) is 4.04. The highest BCUT2D eigenvalue weighted by atomic mass is 31.1. The average Bonchev–Trinajstić information content (AvgIpc) is 2.94. The Morgan fingerprint density at radius 1 is 0.758 bits per heavy atom. The third kappa shape index (κ3) is 4.07. The van der Waals surface area contributed by atoms with E-state index in [1.165, 1.54) is 5.56 Å². The van der Waals surface area contributed by atoms with Crippen molar-refractivity contribution in [3.8, 4) is 11.5 Å². The van der Waals surface area contributed by atoms with E-state index in [0.717, 1.165) is 38.4 Å². The van der Waals surface area contributed by atoms with Crippen LogP contribution in [0.25, 0.3) is 32.7 Å². The summed E-state index contributed by atoms with van der Waals surface area (Å²) in [5, 5.41) is 4.02. The summed E-state index contributed by atoms with van der Waals surface area (Å²) in [6.07, 6.45) is 0. The van der Waals surface area contributed by atoms with Crippen molar-refractivity contribution in [3.05, 3.63) is 83.9 Å². The first-order chi connectivity index (χ1) is 15.8. The molecule has 0 aliphatic rings. The summed E-state index contributed by atoms with van der Waals surface area (Å²) in [6.45, 7) is 8.63. The quantitative estimate of drug-likeness (QED) is 0.271. The Morgan fingerprint density at radius 3 is 2.33 bits per heavy atom. The van der Waals surface area contributed by atoms with E-state index >= 15 is 0 Å². The number of methoxy groups -OCH3 is 1. The molecule has 0 aliphatic heterocycles. The third-order valence-electron chi connectivity index (χ3n) is 5.82. The van der Waals surface area contributed by atoms with Gasteiger partial charge in [-0.2, -0.15) is 0 Å². The van der Waals surface area contributed by atoms with Crippen molar-refractivity contribution in [3.63, 3.8) is 0 Å². The van der Waals surface area contributed by atoms with Crippen LogP contribution in [0.4, 0.5) is 0 Å². The highest BCUT2D eigenvalue weighted by Gasteiger charge is 2.18. The highest BCUT2D eigenvalue weighted by molar-refractivity contribution is 7.32. The van der Waals surface area contributed by atoms with E-state index < -0.39 is 8.24 Å². The van der Waals surface area contributed by atoms with Gasteiger partial charge in [-0.05, 0) is 53.1 Å². The van der Waals surface area contributed by atoms with Crippen LogP contribution in [0.2, 0.25) is 0 Å². The second-order valence-corrected chi connectivity index (χ2v) is 10.3. The standard InChI is InChI=1S/C28H27O4P/c1-18-15-23-22-14-13-20(28(2,3)4)17-25(22)31-33(32-27(23)26(16-18)29-5)30-24-12-8-10-19-9-6-7-11-21(19)24/h6-17H,1-5H3. The lowest BCUT2D eigenvalue weighted by Gasteiger charge is -2.18. The van der Waals surface area contributed by atoms with Crippen LogP contribution >= 0.6 is 8.24 Å². The molecule has 1 unspecified atom stereocenters. The fraction of sp³-hybridized carbons (Fsp3) is 0.214. The fourth-order valence-corrected chi connectivity index (χ4v) is 5.12. The number of hydrogen-bond donors (Lipinski definition) is 0. The number of fused-ring (bicyclic) bond motifs is 4. The van der Waals surface area contributed by atoms with E-state index in [1.807, 2.05) is 43.3 Å². The minimum Gasteiger partial charge on any atom is -0.493 e. The number of hydrogen-bond acceptors (Lipinski definition) is 4. The average molecular weight is 458 g/mol. The molecule has 5 aromatic rings. The summed E-state index contributed by atoms with van der Waals surface area (Å²) in [5.41, 5.74) is 3.64. The van der Waals surface area contributed by atoms with Gasteiger partial charge in [-0.3, -0.25) is 0 Å². The zero-order valence-corrected chi connectivity index (χ0v) is 20.4. The molecule has 5 heteroatoms. The molecule has 0 radical (unpaired) electrons. The van der Waals surface area contributed by atoms with Gasteiger partial charge in [-0.15, -0.1) is 0 Å². The van der Waals surface area contributed by atoms with E-state index in [2.05, 4.69) is 57.2 Å². The predicted molar refractivity (Wildman–Crippen MR) is 136 cm³/mol. The Bertz CT molecular complexity index is 1520. The van der Waals surface area contributed by atoms with Crippen molar-refractivity contribution >= 4 is 41.0 Å². The van der Waals surface area contributed by atoms with Gasteiger partial charge in [-0.25, -0.2) is 0 Å². The molecule has 5 rings (SSSR count). The molecule has 1 heterocycles. The van der Waals surface area contributed by atoms with E-state index in [0.29, 0.717) is 11.3 Å². The smallest absolute Gasteiger partial charge is 0.453 e. The van der Waals surface area contributed by atoms with Crippen molar-refractivity contribution in [1.29, 1.82) is 0 Å². The van der Waals surface area contributed by atoms with Crippen LogP contribution in [0.15, 0.2) is 81.2 Å². The summed E-state index contributed by atoms with van der Waals surface area (Å²) in [5.74, 6) is 1.39. The van der Waals surface area contributed by atoms with Crippen molar-refractivity contribution < 1.29 is 17.7 Å². The Balaban J connectivity index is 1.82. The lowest BCUT2D eigenvalue weighted by atomic mass is 9.86. The second-order valence-electron chi connectivity index (χ2n) is 9.28. The second kappa shape index (κ2) is 8.20. The molecule has 1 aromatic heterocycles. The first-order valence-electron chi connectivity index (χ1n) is 11.0. The van der Waals surface area contributed by atoms with Gasteiger partial charge in [0.05, 0.1) is 7.11 Å². The topological polar surface area (TPSA) is 44.7 Å². The van der Waals surface area contributed by atoms with Crippen LogP contribution < -0.4 is 9.26 Å². The number of benzene rings is 4. The summed E-state index contributed by atoms with van der Waals surface area (Å²) in [7, 11) is -0.126. The van der Waals surface area contributed by atoms with Gasteiger partial charge >= 0.3 is 8.24 Å². The predicted octanol–water partition coefficient (Wildman–Crippen LogP) is 8.90. The van der Waals surface area contributed by atoms with Gasteiger partial charge in [-0.1, -0.05) is 69.3 Å². The lowest BCUT2D eigenvalue weighted by Crippen LogP contribution is -2.10. The van der Waals surface area contributed by atoms with Crippen LogP contribution in [0.5, 0.6) is 11.5 Å². The van der Waals surface area contributed by atoms with Crippen molar-refractivity contribution in [1.82, 2.24) is 0 Å². The molecule has 0 amide bonds. The Kier molecular flexibility index (Phi) is 5.34. The molecule has 168 valence electrons. The van der Waals surface area contributed by atoms with E-state index in [1.54, 1.807) is 7.11 Å². The number of aryl methyl sites for hydroxylation is 1. The zero-order valence-electron chi connectivity index (χ0n) is 19.5. The minimum atomic E-state index is -1.78. The van der Waals surface area contributed by atoms with Crippen LogP contribution in [0, 0.1) is 6.92 Å². The molecule has 0 spiro atoms. The molecule has 0 saturated carbocycles. The zero-order chi connectivity index (χ0) is 23.2. The molecule has 0 bridgehead atoms. The maximum Gasteiger partial charge on any atom is 0.453 e. The van der Waals surface area contributed by atoms with Crippen molar-refractivity contribution in [2.75, 3.05) is 7.11 Å². The summed E-state index contributed by atoms with van der Waals surface area (Å²) < 4.78 is 24.9. The first kappa shape index (κ1) is 21.5. The van der Waals surface area contributed by atoms with Gasteiger partial charge in [0.25, 0.3) is 0 Å². The summed E-state index contributed by atoms with van der Waals surface area (Å²) in [6, 6.07) is 24.6. The normalized spacial score (nSPS) is 12.3. The molecule has 0 saturated heterocycles. The van der Waals surface area contributed by atoms with Crippen LogP contribution in [0.3, 0.4) is 0 Å². The third-order valence-corrected chi connectivity index (χ3v) is 6.84. The largest absolute Gasteiger partial charge is 0.493 e. The number of rotatable bonds is 3. The van der Waals surface area contributed by atoms with Gasteiger partial charge in [0.1, 0.15) is 11.3 Å². The van der Waals surface area contributed by atoms with Gasteiger partial charge in [0.2, 0.25) is 0 Å². The molecular weight excluding hydrogens is 431 g/mol. The SMILES string of the molecule is COc1cc(C)cc2c1op(Oc1cccc3ccccc13)oc1cc(C(C)(C)C)ccc12. The maximum atomic E-state index is 6.43. The van der Waals surface area contributed by atoms with E-state index in [4.69, 9.17) is 17.7 Å². The molecule has 0 N–H and O–H groups in total. The lowest BCUT2D eigenvalue weighted by molar-refractivity contribution is 0.410. The monoisotopic (exact) mass is 458 g/mol. The molecule has 1 atom stereocenters. The molecule has 4 nitrogen and oxygen atoms in total. The highest BCUT2D eigenvalue weighted by Crippen LogP contribution is 2.42. The molecule has 33 heavy (non-hydrogen) atoms. The molecule has 0 fully saturated rings. The Morgan fingerprint density at radius 2 is 1.55 bits per heavy atom. The van der Waals surface area contributed by atoms with Crippen molar-refractivity contribution in [2.24, 2.45) is 0 Å². The number of ether oxygens (including phenoxy) is 1. The molecule has 0 aliphatic carbocycles. The van der Waals surface area contributed by atoms with Crippen LogP contribution in [-0.4, -0.2) is 7.11 Å². The summed E-state index contributed by atoms with van der Waals surface area (Å²) in [4.78, 5) is 0. The van der Waals surface area contributed by atoms with Crippen LogP contribution in [0.1, 0.15) is 31.9 Å². The molecular formula is C28H27O4P. The van der Waals surface area contributed by atoms with Crippen molar-refractivity contribution in [2.45, 2.75) is 33.1 Å². The van der Waals surface area contributed by atoms with Gasteiger partial charge in [0, 0.05) is 16.2 Å².